The Balaban J connectivity index is 0.000000310. The predicted octanol–water partition coefficient (Wildman–Crippen LogP) is 0.402. The Morgan fingerprint density at radius 3 is 2.23 bits per heavy atom. The molecular weight excluding hydrogens is 174 g/mol. The number of imidazole rings is 1. The van der Waals surface area contributed by atoms with Gasteiger partial charge in [0.1, 0.15) is 12.4 Å². The highest BCUT2D eigenvalue weighted by Gasteiger charge is 2.03. The van der Waals surface area contributed by atoms with Crippen molar-refractivity contribution in [1.82, 2.24) is 4.57 Å². The average molecular weight is 187 g/mol. The summed E-state index contributed by atoms with van der Waals surface area (Å²) in [5.74, 6) is 1.30. The summed E-state index contributed by atoms with van der Waals surface area (Å²) in [6.45, 7) is 5.32. The van der Waals surface area contributed by atoms with E-state index < -0.39 is 5.09 Å². The van der Waals surface area contributed by atoms with Gasteiger partial charge in [0, 0.05) is 6.92 Å². The number of hydrogen-bond donors (Lipinski definition) is 0. The Morgan fingerprint density at radius 1 is 1.62 bits per heavy atom. The van der Waals surface area contributed by atoms with Gasteiger partial charge in [0.2, 0.25) is 0 Å². The van der Waals surface area contributed by atoms with Gasteiger partial charge in [0.15, 0.2) is 0 Å². The maximum Gasteiger partial charge on any atom is 0.252 e. The molecule has 0 fully saturated rings. The number of rotatable bonds is 1. The largest absolute Gasteiger partial charge is 0.356 e. The van der Waals surface area contributed by atoms with Crippen molar-refractivity contribution in [2.24, 2.45) is 7.05 Å². The molecule has 0 bridgehead atoms. The zero-order valence-electron chi connectivity index (χ0n) is 7.93. The molecular formula is C7H13N3O3. The Kier molecular flexibility index (Phi) is 4.50. The molecule has 1 rings (SSSR count). The minimum absolute atomic E-state index is 1.06. The molecule has 0 aliphatic carbocycles. The maximum atomic E-state index is 8.25. The fourth-order valence-corrected chi connectivity index (χ4v) is 0.933. The lowest BCUT2D eigenvalue weighted by molar-refractivity contribution is -0.677. The van der Waals surface area contributed by atoms with Crippen LogP contribution in [0, 0.1) is 22.2 Å². The van der Waals surface area contributed by atoms with Crippen LogP contribution >= 0.6 is 0 Å². The summed E-state index contributed by atoms with van der Waals surface area (Å²) in [5, 5.41) is 14.8. The van der Waals surface area contributed by atoms with Gasteiger partial charge in [-0.2, -0.15) is 0 Å². The Hall–Kier alpha value is -1.59. The molecule has 0 aliphatic heterocycles. The van der Waals surface area contributed by atoms with Gasteiger partial charge in [-0.05, 0) is 6.92 Å². The van der Waals surface area contributed by atoms with Gasteiger partial charge in [0.05, 0.1) is 18.7 Å². The molecule has 0 saturated heterocycles. The Labute approximate surface area is 76.1 Å². The van der Waals surface area contributed by atoms with Crippen LogP contribution < -0.4 is 4.57 Å². The van der Waals surface area contributed by atoms with E-state index in [4.69, 9.17) is 15.3 Å². The molecule has 0 amide bonds. The molecule has 6 heteroatoms. The predicted molar refractivity (Wildman–Crippen MR) is 46.4 cm³/mol. The second kappa shape index (κ2) is 5.13. The topological polar surface area (TPSA) is 75.0 Å². The summed E-state index contributed by atoms with van der Waals surface area (Å²) in [6.07, 6.45) is 4.16. The zero-order valence-corrected chi connectivity index (χ0v) is 7.93. The summed E-state index contributed by atoms with van der Waals surface area (Å²) in [6, 6.07) is 0. The molecule has 0 aliphatic rings. The SMILES string of the molecule is CCn1cc[n+](C)c1C.O=[N+]([O-])[O-]. The van der Waals surface area contributed by atoms with Crippen LogP contribution in [0.15, 0.2) is 12.4 Å². The van der Waals surface area contributed by atoms with Crippen LogP contribution in [0.1, 0.15) is 12.7 Å². The van der Waals surface area contributed by atoms with Gasteiger partial charge in [-0.25, -0.2) is 9.13 Å². The monoisotopic (exact) mass is 187 g/mol. The van der Waals surface area contributed by atoms with Gasteiger partial charge in [0.25, 0.3) is 5.82 Å². The van der Waals surface area contributed by atoms with Gasteiger partial charge in [-0.1, -0.05) is 0 Å². The molecule has 1 aromatic rings. The first kappa shape index (κ1) is 11.4. The molecule has 1 heterocycles. The highest BCUT2D eigenvalue weighted by atomic mass is 16.9. The fourth-order valence-electron chi connectivity index (χ4n) is 0.933. The third-order valence-corrected chi connectivity index (χ3v) is 1.74. The van der Waals surface area contributed by atoms with Crippen molar-refractivity contribution in [3.8, 4) is 0 Å². The quantitative estimate of drug-likeness (QED) is 0.363. The smallest absolute Gasteiger partial charge is 0.252 e. The average Bonchev–Trinajstić information content (AvgIpc) is 2.32. The van der Waals surface area contributed by atoms with E-state index in [1.54, 1.807) is 0 Å². The van der Waals surface area contributed by atoms with Crippen LogP contribution in [0.4, 0.5) is 0 Å². The fraction of sp³-hybridized carbons (Fsp3) is 0.571. The second-order valence-corrected chi connectivity index (χ2v) is 2.47. The van der Waals surface area contributed by atoms with E-state index in [1.165, 1.54) is 5.82 Å². The van der Waals surface area contributed by atoms with Crippen LogP contribution in [0.5, 0.6) is 0 Å². The van der Waals surface area contributed by atoms with Gasteiger partial charge < -0.3 is 15.3 Å². The molecule has 0 saturated carbocycles. The molecule has 13 heavy (non-hydrogen) atoms. The maximum absolute atomic E-state index is 8.25. The van der Waals surface area contributed by atoms with Crippen molar-refractivity contribution in [3.63, 3.8) is 0 Å². The van der Waals surface area contributed by atoms with Crippen LogP contribution in [0.25, 0.3) is 0 Å². The van der Waals surface area contributed by atoms with Crippen LogP contribution in [-0.2, 0) is 13.6 Å². The van der Waals surface area contributed by atoms with Crippen LogP contribution in [-0.4, -0.2) is 9.65 Å². The molecule has 0 atom stereocenters. The van der Waals surface area contributed by atoms with Crippen molar-refractivity contribution in [1.29, 1.82) is 0 Å². The number of nitrogens with zero attached hydrogens (tertiary/aromatic N) is 3. The first-order valence-electron chi connectivity index (χ1n) is 3.82. The standard InChI is InChI=1S/C7H13N2.NO3/c1-4-9-6-5-8(3)7(9)2;2-1(3)4/h5-6H,4H2,1-3H3;/q+1;-1. The number of aryl methyl sites for hydroxylation is 2. The van der Waals surface area contributed by atoms with Crippen molar-refractivity contribution in [3.05, 3.63) is 33.5 Å². The van der Waals surface area contributed by atoms with Crippen LogP contribution in [0.3, 0.4) is 0 Å². The third-order valence-electron chi connectivity index (χ3n) is 1.74. The van der Waals surface area contributed by atoms with Crippen molar-refractivity contribution >= 4 is 0 Å². The minimum Gasteiger partial charge on any atom is -0.356 e. The van der Waals surface area contributed by atoms with Crippen LogP contribution in [0.2, 0.25) is 0 Å². The van der Waals surface area contributed by atoms with Crippen molar-refractivity contribution in [2.75, 3.05) is 0 Å². The molecule has 0 N–H and O–H groups in total. The number of hydrogen-bond acceptors (Lipinski definition) is 3. The van der Waals surface area contributed by atoms with Crippen molar-refractivity contribution < 1.29 is 9.65 Å². The van der Waals surface area contributed by atoms with Crippen molar-refractivity contribution in [2.45, 2.75) is 20.4 Å². The van der Waals surface area contributed by atoms with Gasteiger partial charge in [-0.3, -0.25) is 0 Å². The lowest BCUT2D eigenvalue weighted by Crippen LogP contribution is -2.29. The summed E-state index contributed by atoms with van der Waals surface area (Å²) < 4.78 is 4.32. The molecule has 0 spiro atoms. The first-order valence-corrected chi connectivity index (χ1v) is 3.82. The van der Waals surface area contributed by atoms with E-state index in [-0.39, 0.29) is 0 Å². The van der Waals surface area contributed by atoms with Gasteiger partial charge >= 0.3 is 0 Å². The lowest BCUT2D eigenvalue weighted by Gasteiger charge is -1.90. The summed E-state index contributed by atoms with van der Waals surface area (Å²) in [7, 11) is 2.06. The first-order chi connectivity index (χ1) is 5.99. The molecule has 74 valence electrons. The van der Waals surface area contributed by atoms with E-state index in [2.05, 4.69) is 42.4 Å². The molecule has 1 aromatic heterocycles. The Morgan fingerprint density at radius 2 is 2.08 bits per heavy atom. The lowest BCUT2D eigenvalue weighted by atomic mass is 10.6. The highest BCUT2D eigenvalue weighted by molar-refractivity contribution is 4.77. The van der Waals surface area contributed by atoms with E-state index in [0.29, 0.717) is 0 Å². The Bertz CT molecular complexity index is 279. The molecule has 0 unspecified atom stereocenters. The summed E-state index contributed by atoms with van der Waals surface area (Å²) >= 11 is 0. The van der Waals surface area contributed by atoms with E-state index in [0.717, 1.165) is 6.54 Å². The third kappa shape index (κ3) is 4.09. The van der Waals surface area contributed by atoms with E-state index >= 15 is 0 Å². The molecule has 0 radical (unpaired) electrons. The summed E-state index contributed by atoms with van der Waals surface area (Å²) in [5.41, 5.74) is 0. The van der Waals surface area contributed by atoms with E-state index in [1.807, 2.05) is 0 Å². The normalized spacial score (nSPS) is 8.85. The second-order valence-electron chi connectivity index (χ2n) is 2.47. The molecule has 0 aromatic carbocycles. The summed E-state index contributed by atoms with van der Waals surface area (Å²) in [4.78, 5) is 8.25. The highest BCUT2D eigenvalue weighted by Crippen LogP contribution is 1.89. The molecule has 6 nitrogen and oxygen atoms in total. The van der Waals surface area contributed by atoms with E-state index in [9.17, 15) is 0 Å². The van der Waals surface area contributed by atoms with Gasteiger partial charge in [-0.15, -0.1) is 0 Å². The minimum atomic E-state index is -1.75. The zero-order chi connectivity index (χ0) is 10.4. The number of aromatic nitrogens is 2.